The molecule has 144 valence electrons. The third-order valence-electron chi connectivity index (χ3n) is 5.64. The van der Waals surface area contributed by atoms with Gasteiger partial charge in [0.25, 0.3) is 0 Å². The van der Waals surface area contributed by atoms with Crippen LogP contribution in [0, 0.1) is 11.3 Å². The van der Waals surface area contributed by atoms with Crippen molar-refractivity contribution >= 4 is 5.57 Å². The first kappa shape index (κ1) is 18.8. The lowest BCUT2D eigenvalue weighted by molar-refractivity contribution is 0.130. The minimum absolute atomic E-state index is 0.338. The Kier molecular flexibility index (Phi) is 5.00. The summed E-state index contributed by atoms with van der Waals surface area (Å²) in [5.74, 6) is 0.736. The Balaban J connectivity index is 1.65. The van der Waals surface area contributed by atoms with Gasteiger partial charge in [0.2, 0.25) is 0 Å². The molecule has 0 aromatic heterocycles. The van der Waals surface area contributed by atoms with E-state index >= 15 is 0 Å². The summed E-state index contributed by atoms with van der Waals surface area (Å²) in [6.07, 6.45) is 5.86. The highest BCUT2D eigenvalue weighted by Crippen LogP contribution is 2.43. The summed E-state index contributed by atoms with van der Waals surface area (Å²) in [6, 6.07) is 20.0. The van der Waals surface area contributed by atoms with Crippen molar-refractivity contribution in [2.45, 2.75) is 64.3 Å². The predicted octanol–water partition coefficient (Wildman–Crippen LogP) is 5.56. The molecule has 0 radical (unpaired) electrons. The lowest BCUT2D eigenvalue weighted by Gasteiger charge is -2.35. The molecule has 0 N–H and O–H groups in total. The summed E-state index contributed by atoms with van der Waals surface area (Å²) in [7, 11) is 0. The van der Waals surface area contributed by atoms with Gasteiger partial charge in [-0.15, -0.1) is 0 Å². The maximum Gasteiger partial charge on any atom is 0.145 e. The topological polar surface area (TPSA) is 36.3 Å². The number of hydrogen-bond acceptors (Lipinski definition) is 3. The normalized spacial score (nSPS) is 21.9. The number of fused-ring (bicyclic) bond motifs is 2. The van der Waals surface area contributed by atoms with E-state index in [4.69, 9.17) is 4.74 Å². The van der Waals surface area contributed by atoms with Crippen LogP contribution < -0.4 is 4.74 Å². The van der Waals surface area contributed by atoms with Gasteiger partial charge in [0.1, 0.15) is 17.4 Å². The fourth-order valence-electron chi connectivity index (χ4n) is 4.45. The van der Waals surface area contributed by atoms with Crippen molar-refractivity contribution in [2.24, 2.45) is 0 Å². The summed E-state index contributed by atoms with van der Waals surface area (Å²) in [6.45, 7) is 7.10. The molecule has 2 heterocycles. The van der Waals surface area contributed by atoms with E-state index in [0.29, 0.717) is 17.6 Å². The molecule has 1 saturated heterocycles. The number of rotatable bonds is 4. The lowest BCUT2D eigenvalue weighted by atomic mass is 9.92. The fraction of sp³-hybridized carbons (Fsp3) is 0.400. The molecule has 0 aliphatic carbocycles. The van der Waals surface area contributed by atoms with Crippen LogP contribution in [0.25, 0.3) is 5.57 Å². The second-order valence-corrected chi connectivity index (χ2v) is 8.86. The minimum atomic E-state index is -0.338. The first-order valence-electron chi connectivity index (χ1n) is 10.2. The fourth-order valence-corrected chi connectivity index (χ4v) is 4.45. The molecule has 2 aromatic carbocycles. The van der Waals surface area contributed by atoms with Crippen molar-refractivity contribution in [3.8, 4) is 11.8 Å². The van der Waals surface area contributed by atoms with Gasteiger partial charge in [-0.3, -0.25) is 4.90 Å². The van der Waals surface area contributed by atoms with Crippen molar-refractivity contribution in [3.05, 3.63) is 71.3 Å². The Hall–Kier alpha value is -2.57. The number of benzene rings is 2. The zero-order valence-electron chi connectivity index (χ0n) is 17.0. The van der Waals surface area contributed by atoms with Crippen molar-refractivity contribution in [3.63, 3.8) is 0 Å². The molecule has 1 fully saturated rings. The molecule has 0 amide bonds. The quantitative estimate of drug-likeness (QED) is 0.705. The Morgan fingerprint density at radius 2 is 1.86 bits per heavy atom. The van der Waals surface area contributed by atoms with E-state index in [-0.39, 0.29) is 5.60 Å². The first-order chi connectivity index (χ1) is 13.4. The summed E-state index contributed by atoms with van der Waals surface area (Å²) in [5.41, 5.74) is 4.07. The van der Waals surface area contributed by atoms with Gasteiger partial charge >= 0.3 is 0 Å². The maximum atomic E-state index is 9.60. The van der Waals surface area contributed by atoms with Crippen LogP contribution in [0.4, 0.5) is 0 Å². The van der Waals surface area contributed by atoms with Crippen LogP contribution in [-0.4, -0.2) is 22.6 Å². The highest BCUT2D eigenvalue weighted by molar-refractivity contribution is 5.75. The molecule has 3 nitrogen and oxygen atoms in total. The molecular weight excluding hydrogens is 344 g/mol. The lowest BCUT2D eigenvalue weighted by Crippen LogP contribution is -2.37. The van der Waals surface area contributed by atoms with Crippen LogP contribution in [0.3, 0.4) is 0 Å². The molecule has 28 heavy (non-hydrogen) atoms. The van der Waals surface area contributed by atoms with Gasteiger partial charge in [-0.25, -0.2) is 0 Å². The highest BCUT2D eigenvalue weighted by atomic mass is 16.5. The van der Waals surface area contributed by atoms with E-state index in [0.717, 1.165) is 24.3 Å². The predicted molar refractivity (Wildman–Crippen MR) is 113 cm³/mol. The third-order valence-corrected chi connectivity index (χ3v) is 5.64. The van der Waals surface area contributed by atoms with Gasteiger partial charge in [-0.2, -0.15) is 5.26 Å². The monoisotopic (exact) mass is 372 g/mol. The summed E-state index contributed by atoms with van der Waals surface area (Å²) < 4.78 is 6.24. The molecule has 3 heteroatoms. The molecule has 2 atom stereocenters. The largest absolute Gasteiger partial charge is 0.486 e. The van der Waals surface area contributed by atoms with E-state index in [1.807, 2.05) is 32.9 Å². The number of nitrogens with zero attached hydrogens (tertiary/aromatic N) is 2. The van der Waals surface area contributed by atoms with Crippen LogP contribution in [0.15, 0.2) is 54.6 Å². The number of hydrogen-bond donors (Lipinski definition) is 0. The average Bonchev–Trinajstić information content (AvgIpc) is 2.89. The molecule has 0 saturated carbocycles. The molecule has 4 rings (SSSR count). The SMILES string of the molecule is CC(C)(C)Oc1c(C#N)cccc1C1=C[C@H]2CC[C@@H](C1)N2Cc1ccccc1. The van der Waals surface area contributed by atoms with Gasteiger partial charge < -0.3 is 4.74 Å². The standard InChI is InChI=1S/C25H28N2O/c1-25(2,3)28-24-19(16-26)10-7-11-23(24)20-14-21-12-13-22(15-20)27(21)17-18-8-5-4-6-9-18/h4-11,14,21-22H,12-13,15,17H2,1-3H3/t21-,22+/m1/s1. The van der Waals surface area contributed by atoms with E-state index in [9.17, 15) is 5.26 Å². The molecule has 2 aliphatic rings. The van der Waals surface area contributed by atoms with Crippen molar-refractivity contribution in [1.82, 2.24) is 4.90 Å². The number of para-hydroxylation sites is 1. The van der Waals surface area contributed by atoms with Crippen molar-refractivity contribution < 1.29 is 4.74 Å². The molecule has 2 aromatic rings. The van der Waals surface area contributed by atoms with Crippen LogP contribution in [0.5, 0.6) is 5.75 Å². The first-order valence-corrected chi connectivity index (χ1v) is 10.2. The Morgan fingerprint density at radius 3 is 2.54 bits per heavy atom. The average molecular weight is 373 g/mol. The van der Waals surface area contributed by atoms with Gasteiger partial charge in [0.15, 0.2) is 0 Å². The van der Waals surface area contributed by atoms with Gasteiger partial charge in [-0.1, -0.05) is 48.5 Å². The maximum absolute atomic E-state index is 9.60. The van der Waals surface area contributed by atoms with Crippen LogP contribution >= 0.6 is 0 Å². The molecule has 2 bridgehead atoms. The van der Waals surface area contributed by atoms with Gasteiger partial charge in [0, 0.05) is 24.2 Å². The summed E-state index contributed by atoms with van der Waals surface area (Å²) >= 11 is 0. The van der Waals surface area contributed by atoms with Gasteiger partial charge in [0.05, 0.1) is 5.56 Å². The highest BCUT2D eigenvalue weighted by Gasteiger charge is 2.37. The van der Waals surface area contributed by atoms with Crippen LogP contribution in [-0.2, 0) is 6.54 Å². The van der Waals surface area contributed by atoms with E-state index in [2.05, 4.69) is 53.4 Å². The smallest absolute Gasteiger partial charge is 0.145 e. The Bertz CT molecular complexity index is 918. The van der Waals surface area contributed by atoms with Crippen molar-refractivity contribution in [1.29, 1.82) is 5.26 Å². The zero-order valence-corrected chi connectivity index (χ0v) is 17.0. The van der Waals surface area contributed by atoms with Crippen molar-refractivity contribution in [2.75, 3.05) is 0 Å². The molecule has 2 aliphatic heterocycles. The summed E-state index contributed by atoms with van der Waals surface area (Å²) in [5, 5.41) is 9.60. The molecule has 0 spiro atoms. The number of ether oxygens (including phenoxy) is 1. The Labute approximate surface area is 168 Å². The van der Waals surface area contributed by atoms with E-state index < -0.39 is 0 Å². The second kappa shape index (κ2) is 7.45. The van der Waals surface area contributed by atoms with E-state index in [1.165, 1.54) is 24.0 Å². The Morgan fingerprint density at radius 1 is 1.07 bits per heavy atom. The molecule has 0 unspecified atom stereocenters. The number of nitriles is 1. The minimum Gasteiger partial charge on any atom is -0.486 e. The van der Waals surface area contributed by atoms with Crippen LogP contribution in [0.2, 0.25) is 0 Å². The zero-order chi connectivity index (χ0) is 19.7. The van der Waals surface area contributed by atoms with Gasteiger partial charge in [-0.05, 0) is 57.2 Å². The summed E-state index contributed by atoms with van der Waals surface area (Å²) in [4.78, 5) is 2.64. The second-order valence-electron chi connectivity index (χ2n) is 8.86. The third kappa shape index (κ3) is 3.84. The van der Waals surface area contributed by atoms with E-state index in [1.54, 1.807) is 0 Å². The molecular formula is C25H28N2O. The van der Waals surface area contributed by atoms with Crippen LogP contribution in [0.1, 0.15) is 56.7 Å².